The van der Waals surface area contributed by atoms with E-state index in [-0.39, 0.29) is 0 Å². The first kappa shape index (κ1) is 14.9. The first-order valence-electron chi connectivity index (χ1n) is 7.09. The third kappa shape index (κ3) is 4.94. The Bertz CT molecular complexity index is 202. The molecule has 3 nitrogen and oxygen atoms in total. The Hall–Kier alpha value is -0.120. The van der Waals surface area contributed by atoms with Crippen LogP contribution in [0, 0.1) is 5.41 Å². The van der Waals surface area contributed by atoms with Crippen LogP contribution in [0.4, 0.5) is 0 Å². The van der Waals surface area contributed by atoms with Crippen molar-refractivity contribution in [2.45, 2.75) is 40.2 Å². The number of nitrogens with zero attached hydrogens (tertiary/aromatic N) is 2. The lowest BCUT2D eigenvalue weighted by atomic mass is 9.86. The Morgan fingerprint density at radius 2 is 1.59 bits per heavy atom. The zero-order chi connectivity index (χ0) is 12.9. The first-order chi connectivity index (χ1) is 7.97. The molecule has 1 aliphatic rings. The van der Waals surface area contributed by atoms with Crippen LogP contribution in [-0.2, 0) is 0 Å². The molecular formula is C14H31N3. The first-order valence-corrected chi connectivity index (χ1v) is 7.09. The van der Waals surface area contributed by atoms with Gasteiger partial charge in [0.2, 0.25) is 0 Å². The minimum absolute atomic E-state index is 0.343. The molecule has 102 valence electrons. The molecule has 1 fully saturated rings. The van der Waals surface area contributed by atoms with Gasteiger partial charge < -0.3 is 10.2 Å². The van der Waals surface area contributed by atoms with Crippen molar-refractivity contribution in [2.75, 3.05) is 46.3 Å². The van der Waals surface area contributed by atoms with Crippen LogP contribution in [0.3, 0.4) is 0 Å². The molecule has 1 aliphatic heterocycles. The third-order valence-electron chi connectivity index (χ3n) is 3.84. The predicted molar refractivity (Wildman–Crippen MR) is 75.5 cm³/mol. The fourth-order valence-electron chi connectivity index (χ4n) is 2.57. The molecule has 0 aliphatic carbocycles. The molecule has 0 amide bonds. The summed E-state index contributed by atoms with van der Waals surface area (Å²) in [5, 5.41) is 3.47. The Morgan fingerprint density at radius 3 is 2.00 bits per heavy atom. The second kappa shape index (κ2) is 6.72. The maximum atomic E-state index is 3.47. The molecule has 0 spiro atoms. The molecule has 3 heteroatoms. The van der Waals surface area contributed by atoms with Crippen LogP contribution in [0.5, 0.6) is 0 Å². The van der Waals surface area contributed by atoms with Crippen LogP contribution < -0.4 is 5.32 Å². The van der Waals surface area contributed by atoms with Crippen LogP contribution in [0.25, 0.3) is 0 Å². The van der Waals surface area contributed by atoms with Gasteiger partial charge in [0.25, 0.3) is 0 Å². The van der Waals surface area contributed by atoms with E-state index in [0.717, 1.165) is 0 Å². The maximum absolute atomic E-state index is 3.47. The highest BCUT2D eigenvalue weighted by molar-refractivity contribution is 4.84. The van der Waals surface area contributed by atoms with Crippen molar-refractivity contribution in [3.63, 3.8) is 0 Å². The number of piperazine rings is 1. The second-order valence-corrected chi connectivity index (χ2v) is 6.35. The molecule has 0 radical (unpaired) electrons. The zero-order valence-electron chi connectivity index (χ0n) is 12.4. The number of nitrogens with one attached hydrogen (secondary N) is 1. The van der Waals surface area contributed by atoms with Gasteiger partial charge in [-0.15, -0.1) is 0 Å². The highest BCUT2D eigenvalue weighted by atomic mass is 15.3. The lowest BCUT2D eigenvalue weighted by molar-refractivity contribution is 0.105. The molecular weight excluding hydrogens is 210 g/mol. The molecule has 0 saturated carbocycles. The van der Waals surface area contributed by atoms with Gasteiger partial charge in [0.15, 0.2) is 0 Å². The third-order valence-corrected chi connectivity index (χ3v) is 3.84. The van der Waals surface area contributed by atoms with Gasteiger partial charge >= 0.3 is 0 Å². The number of likely N-dealkylation sites (N-methyl/N-ethyl adjacent to an activating group) is 1. The second-order valence-electron chi connectivity index (χ2n) is 6.35. The van der Waals surface area contributed by atoms with Gasteiger partial charge in [-0.25, -0.2) is 0 Å². The maximum Gasteiger partial charge on any atom is 0.0240 e. The average Bonchev–Trinajstić information content (AvgIpc) is 2.27. The van der Waals surface area contributed by atoms with E-state index < -0.39 is 0 Å². The van der Waals surface area contributed by atoms with Crippen molar-refractivity contribution >= 4 is 0 Å². The van der Waals surface area contributed by atoms with Gasteiger partial charge in [0.05, 0.1) is 0 Å². The Labute approximate surface area is 108 Å². The van der Waals surface area contributed by atoms with Crippen LogP contribution in [0.2, 0.25) is 0 Å². The minimum atomic E-state index is 0.343. The summed E-state index contributed by atoms with van der Waals surface area (Å²) in [6.45, 7) is 16.6. The molecule has 1 atom stereocenters. The molecule has 0 aromatic heterocycles. The number of hydrogen-bond acceptors (Lipinski definition) is 3. The summed E-state index contributed by atoms with van der Waals surface area (Å²) in [6.07, 6.45) is 1.28. The molecule has 1 heterocycles. The summed E-state index contributed by atoms with van der Waals surface area (Å²) < 4.78 is 0. The van der Waals surface area contributed by atoms with E-state index in [0.29, 0.717) is 11.5 Å². The molecule has 0 bridgehead atoms. The van der Waals surface area contributed by atoms with E-state index in [1.807, 2.05) is 0 Å². The fourth-order valence-corrected chi connectivity index (χ4v) is 2.57. The Kier molecular flexibility index (Phi) is 5.90. The van der Waals surface area contributed by atoms with E-state index >= 15 is 0 Å². The van der Waals surface area contributed by atoms with Crippen LogP contribution in [0.15, 0.2) is 0 Å². The largest absolute Gasteiger partial charge is 0.315 e. The van der Waals surface area contributed by atoms with Gasteiger partial charge in [0.1, 0.15) is 0 Å². The van der Waals surface area contributed by atoms with E-state index in [9.17, 15) is 0 Å². The highest BCUT2D eigenvalue weighted by Gasteiger charge is 2.26. The van der Waals surface area contributed by atoms with E-state index in [2.05, 4.69) is 49.9 Å². The summed E-state index contributed by atoms with van der Waals surface area (Å²) in [7, 11) is 2.09. The van der Waals surface area contributed by atoms with Gasteiger partial charge in [0, 0.05) is 38.8 Å². The van der Waals surface area contributed by atoms with Crippen molar-refractivity contribution in [3.8, 4) is 0 Å². The van der Waals surface area contributed by atoms with Crippen molar-refractivity contribution in [1.29, 1.82) is 0 Å². The average molecular weight is 241 g/mol. The summed E-state index contributed by atoms with van der Waals surface area (Å²) >= 11 is 0. The van der Waals surface area contributed by atoms with Crippen molar-refractivity contribution < 1.29 is 0 Å². The molecule has 1 N–H and O–H groups in total. The SMILES string of the molecule is CCCN1CCN(CC(NC)C(C)(C)C)CC1. The monoisotopic (exact) mass is 241 g/mol. The normalized spacial score (nSPS) is 21.7. The highest BCUT2D eigenvalue weighted by Crippen LogP contribution is 2.20. The van der Waals surface area contributed by atoms with Gasteiger partial charge in [-0.1, -0.05) is 27.7 Å². The lowest BCUT2D eigenvalue weighted by Crippen LogP contribution is -2.53. The smallest absolute Gasteiger partial charge is 0.0240 e. The Balaban J connectivity index is 2.34. The van der Waals surface area contributed by atoms with Crippen molar-refractivity contribution in [3.05, 3.63) is 0 Å². The van der Waals surface area contributed by atoms with Crippen LogP contribution >= 0.6 is 0 Å². The number of hydrogen-bond donors (Lipinski definition) is 1. The van der Waals surface area contributed by atoms with Gasteiger partial charge in [-0.05, 0) is 25.4 Å². The molecule has 1 unspecified atom stereocenters. The molecule has 0 aromatic rings. The predicted octanol–water partition coefficient (Wildman–Crippen LogP) is 1.65. The van der Waals surface area contributed by atoms with Crippen molar-refractivity contribution in [1.82, 2.24) is 15.1 Å². The molecule has 1 saturated heterocycles. The van der Waals surface area contributed by atoms with Gasteiger partial charge in [-0.3, -0.25) is 4.90 Å². The standard InChI is InChI=1S/C14H31N3/c1-6-7-16-8-10-17(11-9-16)12-13(15-5)14(2,3)4/h13,15H,6-12H2,1-5H3. The summed E-state index contributed by atoms with van der Waals surface area (Å²) in [6, 6.07) is 0.584. The molecule has 0 aromatic carbocycles. The topological polar surface area (TPSA) is 18.5 Å². The summed E-state index contributed by atoms with van der Waals surface area (Å²) in [5.74, 6) is 0. The van der Waals surface area contributed by atoms with Crippen LogP contribution in [0.1, 0.15) is 34.1 Å². The quantitative estimate of drug-likeness (QED) is 0.789. The van der Waals surface area contributed by atoms with Gasteiger partial charge in [-0.2, -0.15) is 0 Å². The summed E-state index contributed by atoms with van der Waals surface area (Å²) in [5.41, 5.74) is 0.343. The minimum Gasteiger partial charge on any atom is -0.315 e. The van der Waals surface area contributed by atoms with E-state index in [1.54, 1.807) is 0 Å². The summed E-state index contributed by atoms with van der Waals surface area (Å²) in [4.78, 5) is 5.19. The fraction of sp³-hybridized carbons (Fsp3) is 1.00. The Morgan fingerprint density at radius 1 is 1.06 bits per heavy atom. The zero-order valence-corrected chi connectivity index (χ0v) is 12.4. The van der Waals surface area contributed by atoms with E-state index in [4.69, 9.17) is 0 Å². The molecule has 1 rings (SSSR count). The van der Waals surface area contributed by atoms with Crippen LogP contribution in [-0.4, -0.2) is 62.2 Å². The van der Waals surface area contributed by atoms with Crippen molar-refractivity contribution in [2.24, 2.45) is 5.41 Å². The lowest BCUT2D eigenvalue weighted by Gasteiger charge is -2.39. The molecule has 17 heavy (non-hydrogen) atoms. The number of rotatable bonds is 5. The van der Waals surface area contributed by atoms with E-state index in [1.165, 1.54) is 45.7 Å².